The van der Waals surface area contributed by atoms with Crippen LogP contribution in [0.2, 0.25) is 0 Å². The largest absolute Gasteiger partial charge is 0.446 e. The van der Waals surface area contributed by atoms with Crippen LogP contribution in [0.4, 0.5) is 4.79 Å². The first-order valence-electron chi connectivity index (χ1n) is 11.0. The highest BCUT2D eigenvalue weighted by atomic mass is 16.6. The molecule has 1 rings (SSSR count). The lowest BCUT2D eigenvalue weighted by atomic mass is 10.0. The Morgan fingerprint density at radius 3 is 1.90 bits per heavy atom. The highest BCUT2D eigenvalue weighted by Gasteiger charge is 2.14. The number of carbonyl (C=O) groups excluding carboxylic acids is 1. The Labute approximate surface area is 180 Å². The molecule has 0 aromatic rings. The van der Waals surface area contributed by atoms with Crippen molar-refractivity contribution in [3.8, 4) is 0 Å². The van der Waals surface area contributed by atoms with Crippen molar-refractivity contribution in [3.05, 3.63) is 12.2 Å². The number of amides is 1. The molecule has 9 heteroatoms. The van der Waals surface area contributed by atoms with E-state index in [9.17, 15) is 4.79 Å². The van der Waals surface area contributed by atoms with Crippen molar-refractivity contribution in [2.75, 3.05) is 79.2 Å². The van der Waals surface area contributed by atoms with Crippen molar-refractivity contribution in [3.63, 3.8) is 0 Å². The molecule has 1 aliphatic carbocycles. The molecule has 176 valence electrons. The van der Waals surface area contributed by atoms with Gasteiger partial charge in [-0.05, 0) is 32.1 Å². The van der Waals surface area contributed by atoms with E-state index >= 15 is 0 Å². The summed E-state index contributed by atoms with van der Waals surface area (Å²) in [6.45, 7) is 6.05. The molecule has 0 radical (unpaired) electrons. The van der Waals surface area contributed by atoms with Gasteiger partial charge in [0.1, 0.15) is 6.10 Å². The Bertz CT molecular complexity index is 424. The Balaban J connectivity index is 1.77. The third-order valence-electron chi connectivity index (χ3n) is 4.26. The maximum Gasteiger partial charge on any atom is 0.407 e. The van der Waals surface area contributed by atoms with Gasteiger partial charge >= 0.3 is 6.09 Å². The van der Waals surface area contributed by atoms with Gasteiger partial charge in [-0.15, -0.1) is 0 Å². The fourth-order valence-electron chi connectivity index (χ4n) is 2.73. The summed E-state index contributed by atoms with van der Waals surface area (Å²) < 4.78 is 32.2. The Morgan fingerprint density at radius 2 is 1.30 bits per heavy atom. The lowest BCUT2D eigenvalue weighted by Gasteiger charge is -2.18. The molecule has 0 saturated heterocycles. The number of carbonyl (C=O) groups is 1. The minimum Gasteiger partial charge on any atom is -0.446 e. The van der Waals surface area contributed by atoms with Crippen LogP contribution in [0, 0.1) is 0 Å². The van der Waals surface area contributed by atoms with Crippen LogP contribution in [-0.2, 0) is 28.4 Å². The van der Waals surface area contributed by atoms with Crippen LogP contribution in [0.3, 0.4) is 0 Å². The lowest BCUT2D eigenvalue weighted by molar-refractivity contribution is -0.0103. The number of rotatable bonds is 18. The van der Waals surface area contributed by atoms with Gasteiger partial charge in [0.25, 0.3) is 0 Å². The molecule has 1 aliphatic rings. The topological polar surface area (TPSA) is 111 Å². The molecular formula is C21H40N2O7. The van der Waals surface area contributed by atoms with Gasteiger partial charge in [-0.25, -0.2) is 4.79 Å². The molecule has 1 amide bonds. The molecule has 0 spiro atoms. The van der Waals surface area contributed by atoms with E-state index in [4.69, 9.17) is 34.2 Å². The maximum absolute atomic E-state index is 11.8. The smallest absolute Gasteiger partial charge is 0.407 e. The predicted octanol–water partition coefficient (Wildman–Crippen LogP) is 1.64. The van der Waals surface area contributed by atoms with Crippen molar-refractivity contribution < 1.29 is 33.2 Å². The quantitative estimate of drug-likeness (QED) is 0.248. The van der Waals surface area contributed by atoms with Crippen LogP contribution in [0.15, 0.2) is 12.2 Å². The molecule has 9 nitrogen and oxygen atoms in total. The van der Waals surface area contributed by atoms with E-state index in [0.29, 0.717) is 79.2 Å². The number of hydrogen-bond acceptors (Lipinski definition) is 8. The third-order valence-corrected chi connectivity index (χ3v) is 4.26. The van der Waals surface area contributed by atoms with Crippen LogP contribution in [0.5, 0.6) is 0 Å². The Kier molecular flexibility index (Phi) is 18.8. The fraction of sp³-hybridized carbons (Fsp3) is 0.857. The van der Waals surface area contributed by atoms with E-state index in [-0.39, 0.29) is 12.2 Å². The summed E-state index contributed by atoms with van der Waals surface area (Å²) in [5.41, 5.74) is 5.31. The predicted molar refractivity (Wildman–Crippen MR) is 114 cm³/mol. The summed E-state index contributed by atoms with van der Waals surface area (Å²) >= 11 is 0. The Hall–Kier alpha value is -1.23. The third kappa shape index (κ3) is 17.6. The van der Waals surface area contributed by atoms with Crippen LogP contribution in [-0.4, -0.2) is 91.4 Å². The second kappa shape index (κ2) is 21.0. The zero-order chi connectivity index (χ0) is 21.5. The van der Waals surface area contributed by atoms with E-state index in [1.54, 1.807) is 0 Å². The standard InChI is InChI=1S/C21H40N2O7/c22-8-10-25-12-14-27-16-18-29-19-17-28-15-13-26-11-9-23-21(24)30-20-6-4-2-1-3-5-7-20/h1-2,20H,3-19,22H2,(H,23,24)/b2-1-. The van der Waals surface area contributed by atoms with Gasteiger partial charge in [0.2, 0.25) is 0 Å². The molecule has 0 saturated carbocycles. The van der Waals surface area contributed by atoms with Gasteiger partial charge in [-0.2, -0.15) is 0 Å². The molecule has 0 aliphatic heterocycles. The monoisotopic (exact) mass is 432 g/mol. The summed E-state index contributed by atoms with van der Waals surface area (Å²) in [6.07, 6.45) is 8.89. The summed E-state index contributed by atoms with van der Waals surface area (Å²) in [4.78, 5) is 11.8. The first kappa shape index (κ1) is 26.8. The fourth-order valence-corrected chi connectivity index (χ4v) is 2.73. The molecule has 0 bridgehead atoms. The molecule has 1 atom stereocenters. The number of hydrogen-bond donors (Lipinski definition) is 2. The summed E-state index contributed by atoms with van der Waals surface area (Å²) in [5.74, 6) is 0. The number of nitrogens with one attached hydrogen (secondary N) is 1. The number of nitrogens with two attached hydrogens (primary N) is 1. The summed E-state index contributed by atoms with van der Waals surface area (Å²) in [5, 5.41) is 2.73. The van der Waals surface area contributed by atoms with Crippen molar-refractivity contribution in [1.29, 1.82) is 0 Å². The summed E-state index contributed by atoms with van der Waals surface area (Å²) in [7, 11) is 0. The number of allylic oxidation sites excluding steroid dienone is 2. The van der Waals surface area contributed by atoms with E-state index in [1.807, 2.05) is 0 Å². The normalized spacial score (nSPS) is 17.8. The molecule has 1 unspecified atom stereocenters. The minimum absolute atomic E-state index is 0.00778. The maximum atomic E-state index is 11.8. The minimum atomic E-state index is -0.367. The van der Waals surface area contributed by atoms with Crippen molar-refractivity contribution in [1.82, 2.24) is 5.32 Å². The number of alkyl carbamates (subject to hydrolysis) is 1. The van der Waals surface area contributed by atoms with Crippen molar-refractivity contribution in [2.24, 2.45) is 5.73 Å². The van der Waals surface area contributed by atoms with E-state index in [0.717, 1.165) is 32.1 Å². The second-order valence-corrected chi connectivity index (χ2v) is 6.78. The highest BCUT2D eigenvalue weighted by Crippen LogP contribution is 2.15. The van der Waals surface area contributed by atoms with Crippen molar-refractivity contribution >= 4 is 6.09 Å². The van der Waals surface area contributed by atoms with Gasteiger partial charge in [-0.3, -0.25) is 0 Å². The van der Waals surface area contributed by atoms with E-state index in [2.05, 4.69) is 17.5 Å². The number of ether oxygens (including phenoxy) is 6. The molecule has 0 fully saturated rings. The zero-order valence-electron chi connectivity index (χ0n) is 18.2. The van der Waals surface area contributed by atoms with Gasteiger partial charge in [0, 0.05) is 13.1 Å². The SMILES string of the molecule is NCCOCCOCCOCCOCCOCCNC(=O)OC1CC/C=C\CCC1. The van der Waals surface area contributed by atoms with Crippen LogP contribution in [0.25, 0.3) is 0 Å². The molecule has 30 heavy (non-hydrogen) atoms. The second-order valence-electron chi connectivity index (χ2n) is 6.78. The first-order valence-corrected chi connectivity index (χ1v) is 11.0. The van der Waals surface area contributed by atoms with Crippen LogP contribution < -0.4 is 11.1 Å². The highest BCUT2D eigenvalue weighted by molar-refractivity contribution is 5.67. The van der Waals surface area contributed by atoms with Gasteiger partial charge in [-0.1, -0.05) is 12.2 Å². The van der Waals surface area contributed by atoms with Gasteiger partial charge in [0.15, 0.2) is 0 Å². The van der Waals surface area contributed by atoms with E-state index < -0.39 is 0 Å². The lowest BCUT2D eigenvalue weighted by Crippen LogP contribution is -2.31. The molecular weight excluding hydrogens is 392 g/mol. The first-order chi connectivity index (χ1) is 14.8. The average molecular weight is 433 g/mol. The van der Waals surface area contributed by atoms with E-state index in [1.165, 1.54) is 0 Å². The van der Waals surface area contributed by atoms with Crippen LogP contribution >= 0.6 is 0 Å². The molecule has 0 heterocycles. The zero-order valence-corrected chi connectivity index (χ0v) is 18.2. The molecule has 3 N–H and O–H groups in total. The van der Waals surface area contributed by atoms with Gasteiger partial charge in [0.05, 0.1) is 66.1 Å². The average Bonchev–Trinajstić information content (AvgIpc) is 2.72. The Morgan fingerprint density at radius 1 is 0.767 bits per heavy atom. The molecule has 0 aromatic heterocycles. The van der Waals surface area contributed by atoms with Crippen molar-refractivity contribution in [2.45, 2.75) is 38.2 Å². The molecule has 0 aromatic carbocycles. The van der Waals surface area contributed by atoms with Gasteiger partial charge < -0.3 is 39.5 Å². The summed E-state index contributed by atoms with van der Waals surface area (Å²) in [6, 6.07) is 0. The van der Waals surface area contributed by atoms with Crippen LogP contribution in [0.1, 0.15) is 32.1 Å².